The Morgan fingerprint density at radius 1 is 0.968 bits per heavy atom. The van der Waals surface area contributed by atoms with Crippen molar-refractivity contribution >= 4 is 50.7 Å². The lowest BCUT2D eigenvalue weighted by atomic mass is 10.2. The summed E-state index contributed by atoms with van der Waals surface area (Å²) in [6.45, 7) is 1.52. The van der Waals surface area contributed by atoms with E-state index >= 15 is 0 Å². The quantitative estimate of drug-likeness (QED) is 0.424. The van der Waals surface area contributed by atoms with Gasteiger partial charge in [0.1, 0.15) is 11.5 Å². The van der Waals surface area contributed by atoms with Crippen LogP contribution < -0.4 is 20.1 Å². The molecule has 0 fully saturated rings. The van der Waals surface area contributed by atoms with E-state index in [-0.39, 0.29) is 18.4 Å². The summed E-state index contributed by atoms with van der Waals surface area (Å²) >= 11 is 9.28. The lowest BCUT2D eigenvalue weighted by molar-refractivity contribution is -0.122. The normalized spacial score (nSPS) is 11.3. The standard InChI is InChI=1S/C23H20BrClN2O4/c1-15(31-21-11-10-16(25)12-20(21)24)23(29)27-18-7-5-6-17(13-18)26-22(28)14-30-19-8-3-2-4-9-19/h2-13,15H,14H2,1H3,(H,26,28)(H,27,29). The molecule has 0 aliphatic rings. The second kappa shape index (κ2) is 10.8. The van der Waals surface area contributed by atoms with Crippen molar-refractivity contribution in [3.63, 3.8) is 0 Å². The lowest BCUT2D eigenvalue weighted by Gasteiger charge is -2.16. The molecule has 0 bridgehead atoms. The van der Waals surface area contributed by atoms with E-state index in [0.29, 0.717) is 32.4 Å². The van der Waals surface area contributed by atoms with Crippen LogP contribution in [0.3, 0.4) is 0 Å². The largest absolute Gasteiger partial charge is 0.484 e. The number of amides is 2. The number of para-hydroxylation sites is 1. The molecule has 6 nitrogen and oxygen atoms in total. The summed E-state index contributed by atoms with van der Waals surface area (Å²) in [5, 5.41) is 6.08. The van der Waals surface area contributed by atoms with Gasteiger partial charge in [0.05, 0.1) is 4.47 Å². The van der Waals surface area contributed by atoms with E-state index in [0.717, 1.165) is 0 Å². The van der Waals surface area contributed by atoms with E-state index in [4.69, 9.17) is 21.1 Å². The third-order valence-corrected chi connectivity index (χ3v) is 4.95. The fourth-order valence-electron chi connectivity index (χ4n) is 2.60. The van der Waals surface area contributed by atoms with Crippen molar-refractivity contribution in [2.45, 2.75) is 13.0 Å². The molecule has 0 saturated carbocycles. The number of carbonyl (C=O) groups excluding carboxylic acids is 2. The molecule has 2 amide bonds. The molecule has 0 aromatic heterocycles. The molecule has 0 spiro atoms. The van der Waals surface area contributed by atoms with E-state index < -0.39 is 6.10 Å². The number of anilines is 2. The average Bonchev–Trinajstić information content (AvgIpc) is 2.75. The van der Waals surface area contributed by atoms with Crippen LogP contribution in [0.1, 0.15) is 6.92 Å². The minimum absolute atomic E-state index is 0.124. The maximum Gasteiger partial charge on any atom is 0.265 e. The van der Waals surface area contributed by atoms with Gasteiger partial charge in [0.2, 0.25) is 0 Å². The zero-order valence-corrected chi connectivity index (χ0v) is 18.9. The minimum Gasteiger partial charge on any atom is -0.484 e. The van der Waals surface area contributed by atoms with Crippen molar-refractivity contribution in [3.05, 3.63) is 82.3 Å². The second-order valence-electron chi connectivity index (χ2n) is 6.55. The van der Waals surface area contributed by atoms with Gasteiger partial charge in [0.15, 0.2) is 12.7 Å². The van der Waals surface area contributed by atoms with Crippen LogP contribution in [0.15, 0.2) is 77.3 Å². The Morgan fingerprint density at radius 2 is 1.68 bits per heavy atom. The van der Waals surface area contributed by atoms with Gasteiger partial charge in [0.25, 0.3) is 11.8 Å². The molecule has 0 aliphatic carbocycles. The number of ether oxygens (including phenoxy) is 2. The summed E-state index contributed by atoms with van der Waals surface area (Å²) < 4.78 is 11.8. The van der Waals surface area contributed by atoms with Crippen molar-refractivity contribution in [1.29, 1.82) is 0 Å². The Bertz CT molecular complexity index is 1060. The van der Waals surface area contributed by atoms with Gasteiger partial charge in [-0.05, 0) is 71.4 Å². The summed E-state index contributed by atoms with van der Waals surface area (Å²) in [5.41, 5.74) is 1.06. The van der Waals surface area contributed by atoms with E-state index in [1.165, 1.54) is 0 Å². The molecule has 3 aromatic rings. The summed E-state index contributed by atoms with van der Waals surface area (Å²) in [6, 6.07) is 21.0. The van der Waals surface area contributed by atoms with Gasteiger partial charge in [-0.15, -0.1) is 0 Å². The minimum atomic E-state index is -0.755. The molecule has 3 rings (SSSR count). The van der Waals surface area contributed by atoms with Crippen molar-refractivity contribution in [2.24, 2.45) is 0 Å². The Hall–Kier alpha value is -3.03. The summed E-state index contributed by atoms with van der Waals surface area (Å²) in [5.74, 6) is 0.473. The fraction of sp³-hybridized carbons (Fsp3) is 0.130. The molecular weight excluding hydrogens is 484 g/mol. The summed E-state index contributed by atoms with van der Waals surface area (Å²) in [6.07, 6.45) is -0.755. The predicted octanol–water partition coefficient (Wildman–Crippen LogP) is 5.53. The van der Waals surface area contributed by atoms with Gasteiger partial charge < -0.3 is 20.1 Å². The van der Waals surface area contributed by atoms with Crippen LogP contribution >= 0.6 is 27.5 Å². The van der Waals surface area contributed by atoms with Crippen LogP contribution in [-0.4, -0.2) is 24.5 Å². The van der Waals surface area contributed by atoms with Crippen LogP contribution in [0, 0.1) is 0 Å². The molecule has 1 unspecified atom stereocenters. The number of carbonyl (C=O) groups is 2. The van der Waals surface area contributed by atoms with Crippen LogP contribution in [0.25, 0.3) is 0 Å². The SMILES string of the molecule is CC(Oc1ccc(Cl)cc1Br)C(=O)Nc1cccc(NC(=O)COc2ccccc2)c1. The summed E-state index contributed by atoms with van der Waals surface area (Å²) in [7, 11) is 0. The fourth-order valence-corrected chi connectivity index (χ4v) is 3.37. The number of halogens is 2. The summed E-state index contributed by atoms with van der Waals surface area (Å²) in [4.78, 5) is 24.6. The van der Waals surface area contributed by atoms with Gasteiger partial charge >= 0.3 is 0 Å². The molecule has 0 radical (unpaired) electrons. The predicted molar refractivity (Wildman–Crippen MR) is 125 cm³/mol. The Morgan fingerprint density at radius 3 is 2.39 bits per heavy atom. The van der Waals surface area contributed by atoms with Crippen molar-refractivity contribution < 1.29 is 19.1 Å². The molecule has 0 heterocycles. The van der Waals surface area contributed by atoms with Gasteiger partial charge in [-0.3, -0.25) is 9.59 Å². The third-order valence-electron chi connectivity index (χ3n) is 4.09. The maximum absolute atomic E-state index is 12.5. The van der Waals surface area contributed by atoms with Crippen LogP contribution in [0.4, 0.5) is 11.4 Å². The zero-order chi connectivity index (χ0) is 22.2. The topological polar surface area (TPSA) is 76.7 Å². The van der Waals surface area contributed by atoms with E-state index in [2.05, 4.69) is 26.6 Å². The molecule has 31 heavy (non-hydrogen) atoms. The number of rotatable bonds is 8. The van der Waals surface area contributed by atoms with Crippen LogP contribution in [-0.2, 0) is 9.59 Å². The Labute approximate surface area is 193 Å². The highest BCUT2D eigenvalue weighted by Crippen LogP contribution is 2.29. The van der Waals surface area contributed by atoms with Crippen molar-refractivity contribution in [3.8, 4) is 11.5 Å². The third kappa shape index (κ3) is 7.01. The average molecular weight is 504 g/mol. The van der Waals surface area contributed by atoms with Gasteiger partial charge in [-0.2, -0.15) is 0 Å². The Balaban J connectivity index is 1.54. The molecule has 3 aromatic carbocycles. The molecule has 0 saturated heterocycles. The highest BCUT2D eigenvalue weighted by molar-refractivity contribution is 9.10. The molecule has 8 heteroatoms. The maximum atomic E-state index is 12.5. The van der Waals surface area contributed by atoms with E-state index in [1.807, 2.05) is 18.2 Å². The van der Waals surface area contributed by atoms with Crippen LogP contribution in [0.2, 0.25) is 5.02 Å². The number of hydrogen-bond donors (Lipinski definition) is 2. The highest BCUT2D eigenvalue weighted by Gasteiger charge is 2.17. The van der Waals surface area contributed by atoms with Crippen molar-refractivity contribution in [1.82, 2.24) is 0 Å². The Kier molecular flexibility index (Phi) is 7.92. The number of nitrogens with one attached hydrogen (secondary N) is 2. The first-order valence-electron chi connectivity index (χ1n) is 9.41. The molecule has 160 valence electrons. The van der Waals surface area contributed by atoms with E-state index in [9.17, 15) is 9.59 Å². The first kappa shape index (κ1) is 22.7. The zero-order valence-electron chi connectivity index (χ0n) is 16.6. The molecule has 2 N–H and O–H groups in total. The second-order valence-corrected chi connectivity index (χ2v) is 7.85. The molecule has 0 aliphatic heterocycles. The lowest BCUT2D eigenvalue weighted by Crippen LogP contribution is -2.30. The van der Waals surface area contributed by atoms with Gasteiger partial charge in [-0.1, -0.05) is 35.9 Å². The van der Waals surface area contributed by atoms with Crippen molar-refractivity contribution in [2.75, 3.05) is 17.2 Å². The smallest absolute Gasteiger partial charge is 0.265 e. The number of benzene rings is 3. The molecular formula is C23H20BrClN2O4. The number of hydrogen-bond acceptors (Lipinski definition) is 4. The van der Waals surface area contributed by atoms with E-state index in [1.54, 1.807) is 61.5 Å². The first-order chi connectivity index (χ1) is 14.9. The van der Waals surface area contributed by atoms with Crippen LogP contribution in [0.5, 0.6) is 11.5 Å². The molecule has 1 atom stereocenters. The highest BCUT2D eigenvalue weighted by atomic mass is 79.9. The van der Waals surface area contributed by atoms with Gasteiger partial charge in [-0.25, -0.2) is 0 Å². The van der Waals surface area contributed by atoms with Gasteiger partial charge in [0, 0.05) is 16.4 Å². The first-order valence-corrected chi connectivity index (χ1v) is 10.6. The monoisotopic (exact) mass is 502 g/mol.